The molecule has 0 bridgehead atoms. The first kappa shape index (κ1) is 8.85. The molecule has 0 aliphatic heterocycles. The molecule has 0 nitrogen and oxygen atoms in total. The molecule has 0 aromatic heterocycles. The molecule has 1 atom stereocenters. The van der Waals surface area contributed by atoms with Gasteiger partial charge < -0.3 is 0 Å². The van der Waals surface area contributed by atoms with E-state index in [0.29, 0.717) is 6.42 Å². The van der Waals surface area contributed by atoms with E-state index in [1.165, 1.54) is 0 Å². The van der Waals surface area contributed by atoms with Gasteiger partial charge in [-0.2, -0.15) is 0 Å². The molecule has 0 radical (unpaired) electrons. The zero-order valence-electron chi connectivity index (χ0n) is 5.41. The van der Waals surface area contributed by atoms with Crippen molar-refractivity contribution in [1.29, 1.82) is 0 Å². The van der Waals surface area contributed by atoms with Crippen molar-refractivity contribution < 1.29 is 13.0 Å². The second-order valence-electron chi connectivity index (χ2n) is 1.99. The molecule has 9 heavy (non-hydrogen) atoms. The number of hydrogen-bond donors (Lipinski definition) is 0. The van der Waals surface area contributed by atoms with Gasteiger partial charge in [0.2, 0.25) is 0 Å². The molecule has 0 fully saturated rings. The molecule has 1 unspecified atom stereocenters. The predicted molar refractivity (Wildman–Crippen MR) is 32.4 cm³/mol. The number of hydrogen-bond acceptors (Lipinski definition) is 0. The van der Waals surface area contributed by atoms with Gasteiger partial charge in [0.15, 0.2) is 0 Å². The van der Waals surface area contributed by atoms with Crippen LogP contribution in [-0.4, -0.2) is 13.3 Å². The molecule has 0 saturated carbocycles. The molecule has 0 aromatic rings. The first-order valence-corrected chi connectivity index (χ1v) is 3.10. The van der Waals surface area contributed by atoms with Gasteiger partial charge in [0.05, 0.1) is 0 Å². The van der Waals surface area contributed by atoms with Crippen molar-refractivity contribution in [1.82, 2.24) is 0 Å². The summed E-state index contributed by atoms with van der Waals surface area (Å²) in [5.74, 6) is 0. The van der Waals surface area contributed by atoms with Gasteiger partial charge in [-0.1, -0.05) is 19.8 Å². The third-order valence-electron chi connectivity index (χ3n) is 1.11. The Balaban J connectivity index is 3.16. The Morgan fingerprint density at radius 2 is 2.00 bits per heavy atom. The number of rotatable bonds is 4. The lowest BCUT2D eigenvalue weighted by Crippen LogP contribution is -2.16. The lowest BCUT2D eigenvalue weighted by Gasteiger charge is -2.00. The molecule has 0 rings (SSSR count). The van der Waals surface area contributed by atoms with Crippen LogP contribution < -0.4 is 0 Å². The lowest BCUT2D eigenvalue weighted by molar-refractivity contribution is 0.360. The van der Waals surface area contributed by atoms with E-state index in [-0.39, 0.29) is 6.42 Å². The monoisotopic (exact) mass is 138 g/mol. The van der Waals surface area contributed by atoms with Crippen LogP contribution in [0.15, 0.2) is 0 Å². The summed E-state index contributed by atoms with van der Waals surface area (Å²) >= 11 is 0. The summed E-state index contributed by atoms with van der Waals surface area (Å²) in [4.78, 5) is 0. The number of alkyl halides is 1. The number of halogens is 3. The maximum Gasteiger partial charge on any atom is 0.571 e. The smallest absolute Gasteiger partial charge is 0.283 e. The zero-order valence-corrected chi connectivity index (χ0v) is 5.41. The fourth-order valence-corrected chi connectivity index (χ4v) is 0.525. The Bertz CT molecular complexity index is 67.2. The average Bonchev–Trinajstić information content (AvgIpc) is 1.82. The first-order chi connectivity index (χ1) is 4.18. The molecule has 4 heteroatoms. The van der Waals surface area contributed by atoms with Gasteiger partial charge in [-0.05, 0) is 6.42 Å². The third-order valence-corrected chi connectivity index (χ3v) is 1.11. The highest BCUT2D eigenvalue weighted by atomic mass is 19.2. The van der Waals surface area contributed by atoms with E-state index in [2.05, 4.69) is 0 Å². The Labute approximate surface area is 53.6 Å². The van der Waals surface area contributed by atoms with E-state index < -0.39 is 13.3 Å². The van der Waals surface area contributed by atoms with E-state index in [0.717, 1.165) is 6.42 Å². The topological polar surface area (TPSA) is 0 Å². The Morgan fingerprint density at radius 3 is 2.33 bits per heavy atom. The Kier molecular flexibility index (Phi) is 4.63. The summed E-state index contributed by atoms with van der Waals surface area (Å²) in [7, 11) is -2.79. The largest absolute Gasteiger partial charge is 0.571 e. The van der Waals surface area contributed by atoms with Crippen molar-refractivity contribution in [2.45, 2.75) is 32.3 Å². The van der Waals surface area contributed by atoms with Gasteiger partial charge in [-0.15, -0.1) is 0 Å². The third kappa shape index (κ3) is 4.36. The fourth-order valence-electron chi connectivity index (χ4n) is 0.525. The van der Waals surface area contributed by atoms with E-state index in [1.54, 1.807) is 0 Å². The maximum absolute atomic E-state index is 12.0. The summed E-state index contributed by atoms with van der Waals surface area (Å²) in [6.45, 7) is 1.85. The van der Waals surface area contributed by atoms with Crippen LogP contribution in [0.3, 0.4) is 0 Å². The van der Waals surface area contributed by atoms with Crippen molar-refractivity contribution in [2.75, 3.05) is 0 Å². The van der Waals surface area contributed by atoms with Crippen LogP contribution in [-0.2, 0) is 0 Å². The second kappa shape index (κ2) is 4.71. The van der Waals surface area contributed by atoms with E-state index in [4.69, 9.17) is 0 Å². The molecular weight excluding hydrogens is 128 g/mol. The maximum atomic E-state index is 12.0. The summed E-state index contributed by atoms with van der Waals surface area (Å²) in [5.41, 5.74) is 0. The molecular formula is C5H10BF3. The molecule has 0 amide bonds. The molecule has 0 heterocycles. The van der Waals surface area contributed by atoms with Crippen LogP contribution >= 0.6 is 0 Å². The van der Waals surface area contributed by atoms with Crippen LogP contribution in [0, 0.1) is 0 Å². The van der Waals surface area contributed by atoms with Gasteiger partial charge in [0, 0.05) is 0 Å². The van der Waals surface area contributed by atoms with Crippen LogP contribution in [0.2, 0.25) is 0 Å². The summed E-state index contributed by atoms with van der Waals surface area (Å²) < 4.78 is 34.7. The van der Waals surface area contributed by atoms with Gasteiger partial charge in [-0.3, -0.25) is 8.63 Å². The minimum absolute atomic E-state index is 0.00579. The molecule has 0 aliphatic rings. The highest BCUT2D eigenvalue weighted by Crippen LogP contribution is 2.09. The summed E-state index contributed by atoms with van der Waals surface area (Å²) in [5, 5.41) is 0. The minimum atomic E-state index is -2.79. The lowest BCUT2D eigenvalue weighted by atomic mass is 9.86. The average molecular weight is 138 g/mol. The van der Waals surface area contributed by atoms with Crippen molar-refractivity contribution in [3.05, 3.63) is 0 Å². The van der Waals surface area contributed by atoms with E-state index >= 15 is 0 Å². The Morgan fingerprint density at radius 1 is 1.44 bits per heavy atom. The van der Waals surface area contributed by atoms with Gasteiger partial charge in [0.1, 0.15) is 6.07 Å². The van der Waals surface area contributed by atoms with E-state index in [9.17, 15) is 13.0 Å². The predicted octanol–water partition coefficient (Wildman–Crippen LogP) is 2.48. The van der Waals surface area contributed by atoms with Gasteiger partial charge in [0.25, 0.3) is 0 Å². The molecule has 54 valence electrons. The van der Waals surface area contributed by atoms with Crippen molar-refractivity contribution >= 4 is 7.27 Å². The quantitative estimate of drug-likeness (QED) is 0.523. The molecule has 0 aromatic carbocycles. The summed E-state index contributed by atoms with van der Waals surface area (Å²) in [6, 6.07) is 0. The normalized spacial score (nSPS) is 13.3. The van der Waals surface area contributed by atoms with Gasteiger partial charge >= 0.3 is 7.27 Å². The summed E-state index contributed by atoms with van der Waals surface area (Å²) in [6.07, 6.45) is -0.600. The highest BCUT2D eigenvalue weighted by Gasteiger charge is 2.25. The molecule has 0 saturated heterocycles. The molecule has 0 spiro atoms. The van der Waals surface area contributed by atoms with Crippen molar-refractivity contribution in [3.8, 4) is 0 Å². The highest BCUT2D eigenvalue weighted by molar-refractivity contribution is 6.44. The molecule has 0 aliphatic carbocycles. The van der Waals surface area contributed by atoms with Crippen LogP contribution in [0.4, 0.5) is 13.0 Å². The fraction of sp³-hybridized carbons (Fsp3) is 1.00. The SMILES string of the molecule is CCCCC(F)B(F)F. The second-order valence-corrected chi connectivity index (χ2v) is 1.99. The standard InChI is InChI=1S/C5H10BF3/c1-2-3-4-5(7)6(8)9/h5H,2-4H2,1H3. The van der Waals surface area contributed by atoms with Crippen molar-refractivity contribution in [3.63, 3.8) is 0 Å². The first-order valence-electron chi connectivity index (χ1n) is 3.10. The Hall–Kier alpha value is -0.145. The zero-order chi connectivity index (χ0) is 7.28. The molecule has 0 N–H and O–H groups in total. The van der Waals surface area contributed by atoms with Crippen LogP contribution in [0.25, 0.3) is 0 Å². The number of unbranched alkanes of at least 4 members (excludes halogenated alkanes) is 1. The van der Waals surface area contributed by atoms with Gasteiger partial charge in [-0.25, -0.2) is 4.39 Å². The van der Waals surface area contributed by atoms with Crippen LogP contribution in [0.5, 0.6) is 0 Å². The minimum Gasteiger partial charge on any atom is -0.283 e. The van der Waals surface area contributed by atoms with E-state index in [1.807, 2.05) is 6.92 Å². The van der Waals surface area contributed by atoms with Crippen LogP contribution in [0.1, 0.15) is 26.2 Å². The van der Waals surface area contributed by atoms with Crippen molar-refractivity contribution in [2.24, 2.45) is 0 Å².